The molecule has 2 atom stereocenters. The molecule has 1 aliphatic carbocycles. The molecule has 2 aromatic rings. The van der Waals surface area contributed by atoms with Gasteiger partial charge in [0.2, 0.25) is 5.91 Å². The van der Waals surface area contributed by atoms with Crippen molar-refractivity contribution in [2.24, 2.45) is 0 Å². The van der Waals surface area contributed by atoms with Crippen LogP contribution < -0.4 is 10.6 Å². The second kappa shape index (κ2) is 7.16. The third-order valence-electron chi connectivity index (χ3n) is 4.62. The lowest BCUT2D eigenvalue weighted by molar-refractivity contribution is -0.116. The molecule has 0 heterocycles. The number of carbonyl (C=O) groups is 1. The van der Waals surface area contributed by atoms with E-state index >= 15 is 0 Å². The van der Waals surface area contributed by atoms with Crippen LogP contribution >= 0.6 is 0 Å². The average molecular weight is 324 g/mol. The van der Waals surface area contributed by atoms with Crippen LogP contribution in [0.15, 0.2) is 54.6 Å². The number of para-hydroxylation sites is 1. The molecule has 0 aliphatic heterocycles. The van der Waals surface area contributed by atoms with Crippen molar-refractivity contribution < 1.29 is 9.90 Å². The minimum atomic E-state index is -0.833. The normalized spacial score (nSPS) is 20.4. The number of rotatable bonds is 6. The summed E-state index contributed by atoms with van der Waals surface area (Å²) in [7, 11) is 0. The zero-order valence-electron chi connectivity index (χ0n) is 14.0. The average Bonchev–Trinajstić information content (AvgIpc) is 2.92. The fourth-order valence-electron chi connectivity index (χ4n) is 3.28. The molecule has 2 aromatic carbocycles. The Morgan fingerprint density at radius 1 is 1.17 bits per heavy atom. The van der Waals surface area contributed by atoms with Crippen LogP contribution in [0.2, 0.25) is 0 Å². The maximum Gasteiger partial charge on any atom is 0.225 e. The number of hydrogen-bond donors (Lipinski definition) is 3. The monoisotopic (exact) mass is 324 g/mol. The number of carbonyl (C=O) groups excluding carboxylic acids is 1. The van der Waals surface area contributed by atoms with E-state index in [-0.39, 0.29) is 11.9 Å². The van der Waals surface area contributed by atoms with E-state index in [9.17, 15) is 9.90 Å². The summed E-state index contributed by atoms with van der Waals surface area (Å²) >= 11 is 0. The predicted octanol–water partition coefficient (Wildman–Crippen LogP) is 2.83. The molecule has 3 N–H and O–H groups in total. The Morgan fingerprint density at radius 3 is 2.67 bits per heavy atom. The summed E-state index contributed by atoms with van der Waals surface area (Å²) in [5.74, 6) is -0.0278. The molecule has 1 amide bonds. The fourth-order valence-corrected chi connectivity index (χ4v) is 3.28. The van der Waals surface area contributed by atoms with Gasteiger partial charge in [0.1, 0.15) is 5.60 Å². The molecule has 3 rings (SSSR count). The molecule has 0 radical (unpaired) electrons. The summed E-state index contributed by atoms with van der Waals surface area (Å²) in [6, 6.07) is 17.5. The Balaban J connectivity index is 1.51. The van der Waals surface area contributed by atoms with Crippen molar-refractivity contribution in [3.63, 3.8) is 0 Å². The van der Waals surface area contributed by atoms with Crippen molar-refractivity contribution in [3.05, 3.63) is 65.7 Å². The molecule has 4 heteroatoms. The molecular formula is C20H24N2O2. The second-order valence-electron chi connectivity index (χ2n) is 6.59. The molecule has 0 fully saturated rings. The van der Waals surface area contributed by atoms with Crippen molar-refractivity contribution in [2.45, 2.75) is 37.8 Å². The first-order valence-corrected chi connectivity index (χ1v) is 8.46. The number of benzene rings is 2. The maximum absolute atomic E-state index is 12.1. The van der Waals surface area contributed by atoms with Crippen LogP contribution in [0.3, 0.4) is 0 Å². The lowest BCUT2D eigenvalue weighted by atomic mass is 9.95. The Hall–Kier alpha value is -2.17. The highest BCUT2D eigenvalue weighted by atomic mass is 16.3. The molecule has 0 spiro atoms. The van der Waals surface area contributed by atoms with E-state index in [1.165, 1.54) is 5.56 Å². The summed E-state index contributed by atoms with van der Waals surface area (Å²) in [5, 5.41) is 17.1. The molecule has 0 saturated heterocycles. The van der Waals surface area contributed by atoms with Gasteiger partial charge in [-0.25, -0.2) is 0 Å². The minimum Gasteiger partial charge on any atom is -0.384 e. The predicted molar refractivity (Wildman–Crippen MR) is 95.8 cm³/mol. The Bertz CT molecular complexity index is 702. The summed E-state index contributed by atoms with van der Waals surface area (Å²) in [6.07, 6.45) is 1.99. The number of hydrogen-bond acceptors (Lipinski definition) is 3. The van der Waals surface area contributed by atoms with Gasteiger partial charge in [0.05, 0.1) is 0 Å². The highest BCUT2D eigenvalue weighted by molar-refractivity contribution is 5.90. The van der Waals surface area contributed by atoms with E-state index in [0.717, 1.165) is 24.1 Å². The molecule has 0 unspecified atom stereocenters. The molecule has 4 nitrogen and oxygen atoms in total. The Labute approximate surface area is 142 Å². The first-order chi connectivity index (χ1) is 11.6. The van der Waals surface area contributed by atoms with E-state index in [1.54, 1.807) is 0 Å². The summed E-state index contributed by atoms with van der Waals surface area (Å²) in [4.78, 5) is 12.1. The van der Waals surface area contributed by atoms with Gasteiger partial charge in [0.15, 0.2) is 0 Å². The molecule has 0 aromatic heterocycles. The van der Waals surface area contributed by atoms with E-state index in [1.807, 2.05) is 55.5 Å². The van der Waals surface area contributed by atoms with E-state index in [0.29, 0.717) is 13.0 Å². The van der Waals surface area contributed by atoms with Gasteiger partial charge in [-0.1, -0.05) is 42.5 Å². The molecular weight excluding hydrogens is 300 g/mol. The van der Waals surface area contributed by atoms with Crippen molar-refractivity contribution >= 4 is 11.6 Å². The molecule has 24 heavy (non-hydrogen) atoms. The van der Waals surface area contributed by atoms with Gasteiger partial charge in [0.25, 0.3) is 0 Å². The smallest absolute Gasteiger partial charge is 0.225 e. The van der Waals surface area contributed by atoms with Crippen molar-refractivity contribution in [2.75, 3.05) is 11.9 Å². The number of aliphatic hydroxyl groups is 1. The van der Waals surface area contributed by atoms with Crippen LogP contribution in [0.1, 0.15) is 30.9 Å². The second-order valence-corrected chi connectivity index (χ2v) is 6.59. The number of anilines is 1. The van der Waals surface area contributed by atoms with Crippen LogP contribution in [-0.4, -0.2) is 23.6 Å². The van der Waals surface area contributed by atoms with Gasteiger partial charge in [-0.2, -0.15) is 0 Å². The summed E-state index contributed by atoms with van der Waals surface area (Å²) in [6.45, 7) is 2.43. The fraction of sp³-hybridized carbons (Fsp3) is 0.350. The SMILES string of the molecule is C[C@H](CC(=O)Nc1ccccc1)NC[C@]1(O)CCc2ccccc21. The lowest BCUT2D eigenvalue weighted by Gasteiger charge is -2.26. The van der Waals surface area contributed by atoms with Crippen molar-refractivity contribution in [1.82, 2.24) is 5.32 Å². The van der Waals surface area contributed by atoms with E-state index in [2.05, 4.69) is 16.7 Å². The van der Waals surface area contributed by atoms with E-state index < -0.39 is 5.60 Å². The lowest BCUT2D eigenvalue weighted by Crippen LogP contribution is -2.41. The van der Waals surface area contributed by atoms with Gasteiger partial charge in [-0.3, -0.25) is 4.79 Å². The first kappa shape index (κ1) is 16.7. The van der Waals surface area contributed by atoms with Crippen molar-refractivity contribution in [1.29, 1.82) is 0 Å². The number of amides is 1. The van der Waals surface area contributed by atoms with Crippen molar-refractivity contribution in [3.8, 4) is 0 Å². The largest absolute Gasteiger partial charge is 0.384 e. The van der Waals surface area contributed by atoms with Gasteiger partial charge in [0, 0.05) is 24.7 Å². The highest BCUT2D eigenvalue weighted by Gasteiger charge is 2.36. The topological polar surface area (TPSA) is 61.4 Å². The third kappa shape index (κ3) is 3.83. The standard InChI is InChI=1S/C20H24N2O2/c1-15(13-19(23)22-17-8-3-2-4-9-17)21-14-20(24)12-11-16-7-5-6-10-18(16)20/h2-10,15,21,24H,11-14H2,1H3,(H,22,23)/t15-,20-/m1/s1. The Kier molecular flexibility index (Phi) is 4.97. The van der Waals surface area contributed by atoms with Crippen LogP contribution in [0, 0.1) is 0 Å². The number of fused-ring (bicyclic) bond motifs is 1. The van der Waals surface area contributed by atoms with Gasteiger partial charge >= 0.3 is 0 Å². The Morgan fingerprint density at radius 2 is 1.88 bits per heavy atom. The molecule has 126 valence electrons. The van der Waals surface area contributed by atoms with Crippen LogP contribution in [-0.2, 0) is 16.8 Å². The molecule has 0 bridgehead atoms. The third-order valence-corrected chi connectivity index (χ3v) is 4.62. The zero-order valence-corrected chi connectivity index (χ0v) is 14.0. The minimum absolute atomic E-state index is 0.00880. The van der Waals surface area contributed by atoms with Gasteiger partial charge in [-0.05, 0) is 43.0 Å². The van der Waals surface area contributed by atoms with Crippen LogP contribution in [0.4, 0.5) is 5.69 Å². The number of nitrogens with one attached hydrogen (secondary N) is 2. The van der Waals surface area contributed by atoms with Crippen LogP contribution in [0.5, 0.6) is 0 Å². The summed E-state index contributed by atoms with van der Waals surface area (Å²) < 4.78 is 0. The number of aryl methyl sites for hydroxylation is 1. The summed E-state index contributed by atoms with van der Waals surface area (Å²) in [5.41, 5.74) is 2.20. The maximum atomic E-state index is 12.1. The molecule has 0 saturated carbocycles. The van der Waals surface area contributed by atoms with Gasteiger partial charge < -0.3 is 15.7 Å². The highest BCUT2D eigenvalue weighted by Crippen LogP contribution is 2.36. The van der Waals surface area contributed by atoms with Gasteiger partial charge in [-0.15, -0.1) is 0 Å². The first-order valence-electron chi connectivity index (χ1n) is 8.46. The zero-order chi connectivity index (χ0) is 17.0. The molecule has 1 aliphatic rings. The van der Waals surface area contributed by atoms with E-state index in [4.69, 9.17) is 0 Å². The quantitative estimate of drug-likeness (QED) is 0.766. The van der Waals surface area contributed by atoms with Crippen LogP contribution in [0.25, 0.3) is 0 Å².